The molecule has 0 radical (unpaired) electrons. The predicted octanol–water partition coefficient (Wildman–Crippen LogP) is 3.17. The third-order valence-corrected chi connectivity index (χ3v) is 2.86. The molecule has 0 aliphatic heterocycles. The summed E-state index contributed by atoms with van der Waals surface area (Å²) in [5.41, 5.74) is 7.98. The van der Waals surface area contributed by atoms with Gasteiger partial charge in [0, 0.05) is 11.3 Å². The molecule has 0 aromatic heterocycles. The molecule has 0 spiro atoms. The molecule has 2 aromatic carbocycles. The number of methoxy groups -OCH3 is 1. The van der Waals surface area contributed by atoms with Crippen molar-refractivity contribution in [2.24, 2.45) is 0 Å². The molecule has 2 rings (SSSR count). The van der Waals surface area contributed by atoms with E-state index in [1.165, 1.54) is 19.2 Å². The van der Waals surface area contributed by atoms with Gasteiger partial charge < -0.3 is 10.5 Å². The number of aryl methyl sites for hydroxylation is 1. The van der Waals surface area contributed by atoms with Crippen LogP contribution < -0.4 is 5.73 Å². The van der Waals surface area contributed by atoms with Gasteiger partial charge in [-0.05, 0) is 36.2 Å². The number of nitrogens with two attached hydrogens (primary N) is 1. The molecule has 2 aromatic rings. The second-order valence-corrected chi connectivity index (χ2v) is 4.28. The smallest absolute Gasteiger partial charge is 0.338 e. The molecule has 0 bridgehead atoms. The minimum absolute atomic E-state index is 0.255. The summed E-state index contributed by atoms with van der Waals surface area (Å²) < 4.78 is 18.7. The molecule has 4 heteroatoms. The first kappa shape index (κ1) is 13.1. The molecule has 0 atom stereocenters. The molecule has 3 nitrogen and oxygen atoms in total. The van der Waals surface area contributed by atoms with Crippen molar-refractivity contribution in [3.63, 3.8) is 0 Å². The van der Waals surface area contributed by atoms with Gasteiger partial charge in [0.1, 0.15) is 5.82 Å². The zero-order valence-corrected chi connectivity index (χ0v) is 10.7. The van der Waals surface area contributed by atoms with Gasteiger partial charge >= 0.3 is 5.97 Å². The van der Waals surface area contributed by atoms with Crippen LogP contribution in [0.3, 0.4) is 0 Å². The van der Waals surface area contributed by atoms with Gasteiger partial charge in [-0.2, -0.15) is 0 Å². The van der Waals surface area contributed by atoms with Crippen LogP contribution in [0.25, 0.3) is 11.1 Å². The maximum atomic E-state index is 14.0. The van der Waals surface area contributed by atoms with E-state index >= 15 is 0 Å². The Kier molecular flexibility index (Phi) is 3.51. The molecule has 0 saturated carbocycles. The molecule has 0 fully saturated rings. The molecule has 19 heavy (non-hydrogen) atoms. The summed E-state index contributed by atoms with van der Waals surface area (Å²) in [6.45, 7) is 1.80. The number of rotatable bonds is 2. The fourth-order valence-corrected chi connectivity index (χ4v) is 1.91. The topological polar surface area (TPSA) is 52.3 Å². The number of nitrogen functional groups attached to an aromatic ring is 1. The van der Waals surface area contributed by atoms with E-state index in [-0.39, 0.29) is 11.4 Å². The van der Waals surface area contributed by atoms with Crippen LogP contribution in [0.4, 0.5) is 10.1 Å². The fraction of sp³-hybridized carbons (Fsp3) is 0.133. The number of esters is 1. The highest BCUT2D eigenvalue weighted by Gasteiger charge is 2.16. The van der Waals surface area contributed by atoms with E-state index < -0.39 is 5.97 Å². The van der Waals surface area contributed by atoms with Gasteiger partial charge in [0.2, 0.25) is 0 Å². The van der Waals surface area contributed by atoms with Crippen molar-refractivity contribution in [1.29, 1.82) is 0 Å². The Bertz CT molecular complexity index is 638. The lowest BCUT2D eigenvalue weighted by Gasteiger charge is -2.10. The molecule has 0 aliphatic carbocycles. The Morgan fingerprint density at radius 2 is 1.84 bits per heavy atom. The average Bonchev–Trinajstić information content (AvgIpc) is 2.38. The number of benzene rings is 2. The van der Waals surface area contributed by atoms with Crippen molar-refractivity contribution in [2.75, 3.05) is 12.8 Å². The maximum absolute atomic E-state index is 14.0. The van der Waals surface area contributed by atoms with Crippen LogP contribution in [0, 0.1) is 12.7 Å². The van der Waals surface area contributed by atoms with E-state index in [0.717, 1.165) is 5.56 Å². The first-order valence-corrected chi connectivity index (χ1v) is 5.77. The van der Waals surface area contributed by atoms with Gasteiger partial charge in [-0.3, -0.25) is 0 Å². The van der Waals surface area contributed by atoms with E-state index in [1.54, 1.807) is 31.2 Å². The SMILES string of the molecule is COC(=O)c1cc(N)ccc1-c1ccc(C)cc1F. The van der Waals surface area contributed by atoms with Crippen molar-refractivity contribution in [1.82, 2.24) is 0 Å². The largest absolute Gasteiger partial charge is 0.465 e. The van der Waals surface area contributed by atoms with Gasteiger partial charge in [-0.1, -0.05) is 18.2 Å². The molecule has 98 valence electrons. The van der Waals surface area contributed by atoms with E-state index in [0.29, 0.717) is 16.8 Å². The standard InChI is InChI=1S/C15H14FNO2/c1-9-3-5-12(14(16)7-9)11-6-4-10(17)8-13(11)15(18)19-2/h3-8H,17H2,1-2H3. The molecule has 0 aliphatic rings. The highest BCUT2D eigenvalue weighted by molar-refractivity contribution is 5.98. The van der Waals surface area contributed by atoms with Crippen molar-refractivity contribution in [2.45, 2.75) is 6.92 Å². The highest BCUT2D eigenvalue weighted by atomic mass is 19.1. The Hall–Kier alpha value is -2.36. The van der Waals surface area contributed by atoms with Crippen molar-refractivity contribution < 1.29 is 13.9 Å². The minimum Gasteiger partial charge on any atom is -0.465 e. The highest BCUT2D eigenvalue weighted by Crippen LogP contribution is 2.29. The molecular formula is C15H14FNO2. The number of anilines is 1. The van der Waals surface area contributed by atoms with Crippen molar-refractivity contribution >= 4 is 11.7 Å². The van der Waals surface area contributed by atoms with Crippen LogP contribution in [0.15, 0.2) is 36.4 Å². The number of carbonyl (C=O) groups is 1. The summed E-state index contributed by atoms with van der Waals surface area (Å²) in [6.07, 6.45) is 0. The Morgan fingerprint density at radius 1 is 1.16 bits per heavy atom. The quantitative estimate of drug-likeness (QED) is 0.665. The average molecular weight is 259 g/mol. The van der Waals surface area contributed by atoms with Crippen LogP contribution >= 0.6 is 0 Å². The van der Waals surface area contributed by atoms with Crippen LogP contribution in [0.5, 0.6) is 0 Å². The third kappa shape index (κ3) is 2.57. The van der Waals surface area contributed by atoms with Gasteiger partial charge in [0.15, 0.2) is 0 Å². The molecule has 0 unspecified atom stereocenters. The monoisotopic (exact) mass is 259 g/mol. The molecule has 0 saturated heterocycles. The van der Waals surface area contributed by atoms with Gasteiger partial charge in [0.05, 0.1) is 12.7 Å². The van der Waals surface area contributed by atoms with Crippen LogP contribution in [-0.2, 0) is 4.74 Å². The van der Waals surface area contributed by atoms with Crippen molar-refractivity contribution in [3.05, 3.63) is 53.3 Å². The fourth-order valence-electron chi connectivity index (χ4n) is 1.91. The van der Waals surface area contributed by atoms with E-state index in [4.69, 9.17) is 10.5 Å². The van der Waals surface area contributed by atoms with Gasteiger partial charge in [-0.25, -0.2) is 9.18 Å². The van der Waals surface area contributed by atoms with Crippen LogP contribution in [0.2, 0.25) is 0 Å². The van der Waals surface area contributed by atoms with Gasteiger partial charge in [0.25, 0.3) is 0 Å². The van der Waals surface area contributed by atoms with E-state index in [9.17, 15) is 9.18 Å². The lowest BCUT2D eigenvalue weighted by molar-refractivity contribution is 0.0601. The van der Waals surface area contributed by atoms with E-state index in [2.05, 4.69) is 0 Å². The van der Waals surface area contributed by atoms with Crippen LogP contribution in [0.1, 0.15) is 15.9 Å². The number of hydrogen-bond acceptors (Lipinski definition) is 3. The Balaban J connectivity index is 2.64. The summed E-state index contributed by atoms with van der Waals surface area (Å²) in [6, 6.07) is 9.59. The first-order chi connectivity index (χ1) is 9.02. The molecule has 0 amide bonds. The van der Waals surface area contributed by atoms with Crippen molar-refractivity contribution in [3.8, 4) is 11.1 Å². The number of hydrogen-bond donors (Lipinski definition) is 1. The zero-order chi connectivity index (χ0) is 14.0. The molecule has 0 heterocycles. The van der Waals surface area contributed by atoms with Crippen LogP contribution in [-0.4, -0.2) is 13.1 Å². The summed E-state index contributed by atoms with van der Waals surface area (Å²) in [5, 5.41) is 0. The summed E-state index contributed by atoms with van der Waals surface area (Å²) in [4.78, 5) is 11.7. The van der Waals surface area contributed by atoms with Gasteiger partial charge in [-0.15, -0.1) is 0 Å². The summed E-state index contributed by atoms with van der Waals surface area (Å²) in [5.74, 6) is -0.919. The molecular weight excluding hydrogens is 245 g/mol. The Labute approximate surface area is 110 Å². The first-order valence-electron chi connectivity index (χ1n) is 5.77. The minimum atomic E-state index is -0.540. The zero-order valence-electron chi connectivity index (χ0n) is 10.7. The lowest BCUT2D eigenvalue weighted by atomic mass is 9.97. The lowest BCUT2D eigenvalue weighted by Crippen LogP contribution is -2.05. The van der Waals surface area contributed by atoms with E-state index in [1.807, 2.05) is 0 Å². The summed E-state index contributed by atoms with van der Waals surface area (Å²) >= 11 is 0. The summed E-state index contributed by atoms with van der Waals surface area (Å²) in [7, 11) is 1.28. The molecule has 2 N–H and O–H groups in total. The second-order valence-electron chi connectivity index (χ2n) is 4.28. The number of halogens is 1. The number of carbonyl (C=O) groups excluding carboxylic acids is 1. The predicted molar refractivity (Wildman–Crippen MR) is 72.3 cm³/mol. The normalized spacial score (nSPS) is 10.3. The number of ether oxygens (including phenoxy) is 1. The second kappa shape index (κ2) is 5.10. The maximum Gasteiger partial charge on any atom is 0.338 e. The Morgan fingerprint density at radius 3 is 2.47 bits per heavy atom. The third-order valence-electron chi connectivity index (χ3n) is 2.86.